The Hall–Kier alpha value is -2.74. The fraction of sp³-hybridized carbons (Fsp3) is 0.458. The highest BCUT2D eigenvalue weighted by atomic mass is 32.2. The van der Waals surface area contributed by atoms with Crippen LogP contribution in [0.15, 0.2) is 47.4 Å². The second-order valence-corrected chi connectivity index (χ2v) is 10.2. The number of carbonyl (C=O) groups excluding carboxylic acids is 1. The third-order valence-corrected chi connectivity index (χ3v) is 7.40. The number of ether oxygens (including phenoxy) is 2. The van der Waals surface area contributed by atoms with E-state index >= 15 is 0 Å². The van der Waals surface area contributed by atoms with Crippen molar-refractivity contribution in [2.24, 2.45) is 5.92 Å². The first-order valence-corrected chi connectivity index (χ1v) is 12.7. The molecule has 0 atom stereocenters. The second kappa shape index (κ2) is 9.81. The summed E-state index contributed by atoms with van der Waals surface area (Å²) in [6.07, 6.45) is 6.87. The molecule has 1 fully saturated rings. The molecule has 0 spiro atoms. The molecule has 1 saturated carbocycles. The van der Waals surface area contributed by atoms with Crippen molar-refractivity contribution in [2.75, 3.05) is 31.5 Å². The van der Waals surface area contributed by atoms with Gasteiger partial charge in [-0.05, 0) is 55.2 Å². The summed E-state index contributed by atoms with van der Waals surface area (Å²) < 4.78 is 39.4. The summed E-state index contributed by atoms with van der Waals surface area (Å²) in [7, 11) is -1.98. The third kappa shape index (κ3) is 5.35. The number of anilines is 1. The smallest absolute Gasteiger partial charge is 0.262 e. The van der Waals surface area contributed by atoms with Gasteiger partial charge in [0.2, 0.25) is 0 Å². The van der Waals surface area contributed by atoms with Gasteiger partial charge in [-0.3, -0.25) is 9.52 Å². The number of rotatable bonds is 6. The molecule has 1 aliphatic carbocycles. The van der Waals surface area contributed by atoms with Crippen LogP contribution in [0.3, 0.4) is 0 Å². The quantitative estimate of drug-likeness (QED) is 0.698. The lowest BCUT2D eigenvalue weighted by atomic mass is 9.89. The summed E-state index contributed by atoms with van der Waals surface area (Å²) in [5.41, 5.74) is 0.936. The van der Waals surface area contributed by atoms with Gasteiger partial charge in [0.15, 0.2) is 11.5 Å². The zero-order valence-corrected chi connectivity index (χ0v) is 19.2. The summed E-state index contributed by atoms with van der Waals surface area (Å²) in [4.78, 5) is 14.6. The summed E-state index contributed by atoms with van der Waals surface area (Å²) in [6.45, 7) is 1.78. The number of benzene rings is 2. The van der Waals surface area contributed by atoms with Crippen molar-refractivity contribution in [1.82, 2.24) is 4.90 Å². The average molecular weight is 459 g/mol. The molecule has 2 aromatic carbocycles. The molecule has 1 amide bonds. The van der Waals surface area contributed by atoms with Crippen molar-refractivity contribution in [3.63, 3.8) is 0 Å². The predicted octanol–water partition coefficient (Wildman–Crippen LogP) is 4.30. The van der Waals surface area contributed by atoms with Gasteiger partial charge >= 0.3 is 0 Å². The first kappa shape index (κ1) is 22.5. The van der Waals surface area contributed by atoms with Crippen LogP contribution in [0.1, 0.15) is 48.9 Å². The second-order valence-electron chi connectivity index (χ2n) is 8.53. The highest BCUT2D eigenvalue weighted by Crippen LogP contribution is 2.32. The first-order valence-electron chi connectivity index (χ1n) is 11.2. The van der Waals surface area contributed by atoms with Gasteiger partial charge in [-0.25, -0.2) is 8.42 Å². The molecule has 2 aliphatic rings. The number of nitrogens with zero attached hydrogens (tertiary/aromatic N) is 1. The Kier molecular flexibility index (Phi) is 6.89. The van der Waals surface area contributed by atoms with Crippen LogP contribution in [0.5, 0.6) is 11.5 Å². The van der Waals surface area contributed by atoms with Crippen LogP contribution in [0.4, 0.5) is 5.69 Å². The molecule has 2 aromatic rings. The normalized spacial score (nSPS) is 16.8. The molecule has 32 heavy (non-hydrogen) atoms. The summed E-state index contributed by atoms with van der Waals surface area (Å²) in [5.74, 6) is 1.49. The zero-order chi connectivity index (χ0) is 22.6. The Bertz CT molecular complexity index is 1050. The molecule has 1 heterocycles. The molecule has 1 N–H and O–H groups in total. The number of sulfonamides is 1. The topological polar surface area (TPSA) is 84.9 Å². The number of amides is 1. The molecule has 0 unspecified atom stereocenters. The number of carbonyl (C=O) groups is 1. The third-order valence-electron chi connectivity index (χ3n) is 6.02. The van der Waals surface area contributed by atoms with Gasteiger partial charge in [-0.1, -0.05) is 19.3 Å². The number of fused-ring (bicyclic) bond motifs is 1. The molecule has 1 aliphatic heterocycles. The minimum atomic E-state index is -3.81. The maximum absolute atomic E-state index is 12.8. The van der Waals surface area contributed by atoms with E-state index in [1.54, 1.807) is 35.2 Å². The molecule has 4 rings (SSSR count). The molecule has 172 valence electrons. The maximum atomic E-state index is 12.8. The van der Waals surface area contributed by atoms with E-state index in [-0.39, 0.29) is 10.8 Å². The van der Waals surface area contributed by atoms with E-state index in [1.807, 2.05) is 7.05 Å². The lowest BCUT2D eigenvalue weighted by Crippen LogP contribution is -2.32. The SMILES string of the molecule is CN(CC1CCCCC1)C(=O)c1ccc(NS(=O)(=O)c2ccc3c(c2)OCCCO3)cc1. The standard InChI is InChI=1S/C24H30N2O5S/c1-26(17-18-6-3-2-4-7-18)24(27)19-8-10-20(11-9-19)25-32(28,29)21-12-13-22-23(16-21)31-15-5-14-30-22/h8-13,16,18,25H,2-7,14-15,17H2,1H3. The molecular weight excluding hydrogens is 428 g/mol. The van der Waals surface area contributed by atoms with Crippen LogP contribution in [0.25, 0.3) is 0 Å². The molecule has 0 saturated heterocycles. The maximum Gasteiger partial charge on any atom is 0.262 e. The molecule has 0 radical (unpaired) electrons. The largest absolute Gasteiger partial charge is 0.490 e. The molecular formula is C24H30N2O5S. The monoisotopic (exact) mass is 458 g/mol. The van der Waals surface area contributed by atoms with E-state index in [4.69, 9.17) is 9.47 Å². The number of nitrogens with one attached hydrogen (secondary N) is 1. The van der Waals surface area contributed by atoms with Crippen LogP contribution in [0.2, 0.25) is 0 Å². The van der Waals surface area contributed by atoms with Gasteiger partial charge in [0.05, 0.1) is 18.1 Å². The van der Waals surface area contributed by atoms with Gasteiger partial charge in [-0.2, -0.15) is 0 Å². The van der Waals surface area contributed by atoms with Crippen molar-refractivity contribution in [3.05, 3.63) is 48.0 Å². The van der Waals surface area contributed by atoms with Gasteiger partial charge in [0, 0.05) is 37.3 Å². The van der Waals surface area contributed by atoms with Gasteiger partial charge in [0.1, 0.15) is 0 Å². The molecule has 0 aromatic heterocycles. The van der Waals surface area contributed by atoms with E-state index in [0.29, 0.717) is 41.9 Å². The van der Waals surface area contributed by atoms with Crippen LogP contribution in [-0.4, -0.2) is 46.0 Å². The van der Waals surface area contributed by atoms with Gasteiger partial charge in [-0.15, -0.1) is 0 Å². The Labute approximate surface area is 189 Å². The van der Waals surface area contributed by atoms with Crippen molar-refractivity contribution in [2.45, 2.75) is 43.4 Å². The van der Waals surface area contributed by atoms with Gasteiger partial charge in [0.25, 0.3) is 15.9 Å². The Morgan fingerprint density at radius 1 is 0.969 bits per heavy atom. The minimum absolute atomic E-state index is 0.0483. The lowest BCUT2D eigenvalue weighted by Gasteiger charge is -2.27. The summed E-state index contributed by atoms with van der Waals surface area (Å²) >= 11 is 0. The summed E-state index contributed by atoms with van der Waals surface area (Å²) in [5, 5.41) is 0. The fourth-order valence-electron chi connectivity index (χ4n) is 4.27. The highest BCUT2D eigenvalue weighted by Gasteiger charge is 2.21. The molecule has 7 nitrogen and oxygen atoms in total. The average Bonchev–Trinajstić information content (AvgIpc) is 3.04. The van der Waals surface area contributed by atoms with E-state index in [0.717, 1.165) is 13.0 Å². The minimum Gasteiger partial charge on any atom is -0.490 e. The Morgan fingerprint density at radius 3 is 2.38 bits per heavy atom. The summed E-state index contributed by atoms with van der Waals surface area (Å²) in [6, 6.07) is 11.1. The zero-order valence-electron chi connectivity index (χ0n) is 18.4. The van der Waals surface area contributed by atoms with Gasteiger partial charge < -0.3 is 14.4 Å². The number of hydrogen-bond acceptors (Lipinski definition) is 5. The van der Waals surface area contributed by atoms with Crippen molar-refractivity contribution in [1.29, 1.82) is 0 Å². The fourth-order valence-corrected chi connectivity index (χ4v) is 5.34. The van der Waals surface area contributed by atoms with E-state index < -0.39 is 10.0 Å². The van der Waals surface area contributed by atoms with Crippen molar-refractivity contribution < 1.29 is 22.7 Å². The van der Waals surface area contributed by atoms with Crippen LogP contribution in [0, 0.1) is 5.92 Å². The van der Waals surface area contributed by atoms with Crippen LogP contribution < -0.4 is 14.2 Å². The molecule has 8 heteroatoms. The van der Waals surface area contributed by atoms with Crippen molar-refractivity contribution in [3.8, 4) is 11.5 Å². The van der Waals surface area contributed by atoms with E-state index in [2.05, 4.69) is 4.72 Å². The number of hydrogen-bond donors (Lipinski definition) is 1. The van der Waals surface area contributed by atoms with Crippen molar-refractivity contribution >= 4 is 21.6 Å². The van der Waals surface area contributed by atoms with Crippen LogP contribution >= 0.6 is 0 Å². The predicted molar refractivity (Wildman–Crippen MR) is 123 cm³/mol. The first-order chi connectivity index (χ1) is 15.4. The van der Waals surface area contributed by atoms with E-state index in [9.17, 15) is 13.2 Å². The Balaban J connectivity index is 1.41. The lowest BCUT2D eigenvalue weighted by molar-refractivity contribution is 0.0760. The van der Waals surface area contributed by atoms with Crippen LogP contribution in [-0.2, 0) is 10.0 Å². The van der Waals surface area contributed by atoms with E-state index in [1.165, 1.54) is 44.2 Å². The Morgan fingerprint density at radius 2 is 1.66 bits per heavy atom. The highest BCUT2D eigenvalue weighted by molar-refractivity contribution is 7.92. The molecule has 0 bridgehead atoms.